The van der Waals surface area contributed by atoms with Crippen LogP contribution in [0, 0.1) is 0 Å². The van der Waals surface area contributed by atoms with Crippen molar-refractivity contribution in [3.05, 3.63) is 156 Å². The number of benzene rings is 6. The Morgan fingerprint density at radius 2 is 0.889 bits per heavy atom. The third kappa shape index (κ3) is 4.85. The molecule has 0 spiro atoms. The van der Waals surface area contributed by atoms with Gasteiger partial charge in [0.15, 0.2) is 0 Å². The summed E-state index contributed by atoms with van der Waals surface area (Å²) in [6.45, 7) is 3.17. The lowest BCUT2D eigenvalue weighted by molar-refractivity contribution is 0.827. The summed E-state index contributed by atoms with van der Waals surface area (Å²) in [7, 11) is 2.14. The normalized spacial score (nSPS) is 12.1. The van der Waals surface area contributed by atoms with Crippen molar-refractivity contribution in [2.24, 2.45) is 7.05 Å². The van der Waals surface area contributed by atoms with E-state index in [4.69, 9.17) is 0 Å². The van der Waals surface area contributed by atoms with Crippen LogP contribution in [-0.2, 0) is 13.6 Å². The van der Waals surface area contributed by atoms with Gasteiger partial charge in [-0.3, -0.25) is 0 Å². The third-order valence-electron chi connectivity index (χ3n) is 9.14. The minimum Gasteiger partial charge on any atom is -0.344 e. The van der Waals surface area contributed by atoms with Crippen LogP contribution in [-0.4, -0.2) is 9.13 Å². The van der Waals surface area contributed by atoms with Gasteiger partial charge in [-0.2, -0.15) is 0 Å². The predicted octanol–water partition coefficient (Wildman–Crippen LogP) is 11.5. The van der Waals surface area contributed by atoms with Gasteiger partial charge >= 0.3 is 0 Å². The smallest absolute Gasteiger partial charge is 0.0497 e. The molecule has 0 aliphatic heterocycles. The quantitative estimate of drug-likeness (QED) is 0.174. The molecule has 2 heteroatoms. The van der Waals surface area contributed by atoms with E-state index in [2.05, 4.69) is 181 Å². The molecule has 0 aliphatic carbocycles. The molecule has 45 heavy (non-hydrogen) atoms. The molecule has 216 valence electrons. The van der Waals surface area contributed by atoms with Crippen LogP contribution in [0.2, 0.25) is 0 Å². The highest BCUT2D eigenvalue weighted by Gasteiger charge is 2.09. The lowest BCUT2D eigenvalue weighted by atomic mass is 10.0. The summed E-state index contributed by atoms with van der Waals surface area (Å²) in [6.07, 6.45) is 8.82. The predicted molar refractivity (Wildman–Crippen MR) is 195 cm³/mol. The van der Waals surface area contributed by atoms with Gasteiger partial charge in [-0.1, -0.05) is 127 Å². The summed E-state index contributed by atoms with van der Waals surface area (Å²) in [5, 5.41) is 5.24. The summed E-state index contributed by atoms with van der Waals surface area (Å²) >= 11 is 0. The molecule has 0 radical (unpaired) electrons. The highest BCUT2D eigenvalue weighted by molar-refractivity contribution is 6.09. The van der Waals surface area contributed by atoms with Crippen molar-refractivity contribution in [2.45, 2.75) is 13.5 Å². The van der Waals surface area contributed by atoms with Gasteiger partial charge in [-0.25, -0.2) is 0 Å². The van der Waals surface area contributed by atoms with Crippen molar-refractivity contribution in [2.75, 3.05) is 0 Å². The first-order valence-corrected chi connectivity index (χ1v) is 15.7. The lowest BCUT2D eigenvalue weighted by Gasteiger charge is -2.04. The second kappa shape index (κ2) is 11.2. The summed E-state index contributed by atoms with van der Waals surface area (Å²) in [5.74, 6) is 0. The molecular weight excluding hydrogens is 544 g/mol. The molecule has 8 rings (SSSR count). The first kappa shape index (κ1) is 27.0. The molecule has 6 aromatic carbocycles. The SMILES string of the molecule is CCn1c2ccccc2c2ccc(/C=C/c3ccc(-c4ccc(/C=C/c5ccc6c(c5)c5ccccc5n6C)cc4)cc3)cc21. The van der Waals surface area contributed by atoms with Crippen LogP contribution in [0.4, 0.5) is 0 Å². The van der Waals surface area contributed by atoms with E-state index in [0.717, 1.165) is 6.54 Å². The Balaban J connectivity index is 0.979. The second-order valence-corrected chi connectivity index (χ2v) is 11.8. The monoisotopic (exact) mass is 578 g/mol. The van der Waals surface area contributed by atoms with E-state index in [1.165, 1.54) is 77.0 Å². The number of para-hydroxylation sites is 2. The van der Waals surface area contributed by atoms with Crippen molar-refractivity contribution in [3.8, 4) is 11.1 Å². The maximum absolute atomic E-state index is 2.41. The second-order valence-electron chi connectivity index (χ2n) is 11.8. The zero-order valence-electron chi connectivity index (χ0n) is 25.6. The van der Waals surface area contributed by atoms with Crippen molar-refractivity contribution >= 4 is 67.9 Å². The van der Waals surface area contributed by atoms with Crippen molar-refractivity contribution in [1.82, 2.24) is 9.13 Å². The Kier molecular flexibility index (Phi) is 6.69. The van der Waals surface area contributed by atoms with Crippen LogP contribution in [0.1, 0.15) is 29.2 Å². The Morgan fingerprint density at radius 3 is 1.53 bits per heavy atom. The number of aryl methyl sites for hydroxylation is 2. The Hall–Kier alpha value is -5.60. The van der Waals surface area contributed by atoms with Gasteiger partial charge in [0.1, 0.15) is 0 Å². The molecule has 2 aromatic heterocycles. The highest BCUT2D eigenvalue weighted by atomic mass is 15.0. The van der Waals surface area contributed by atoms with Gasteiger partial charge in [-0.15, -0.1) is 0 Å². The molecule has 0 N–H and O–H groups in total. The lowest BCUT2D eigenvalue weighted by Crippen LogP contribution is -1.92. The highest BCUT2D eigenvalue weighted by Crippen LogP contribution is 2.31. The number of hydrogen-bond acceptors (Lipinski definition) is 0. The summed E-state index contributed by atoms with van der Waals surface area (Å²) in [6, 6.07) is 48.4. The van der Waals surface area contributed by atoms with Gasteiger partial charge in [-0.05, 0) is 70.6 Å². The maximum atomic E-state index is 2.41. The molecule has 8 aromatic rings. The number of nitrogens with zero attached hydrogens (tertiary/aromatic N) is 2. The average molecular weight is 579 g/mol. The number of aromatic nitrogens is 2. The fraction of sp³-hybridized carbons (Fsp3) is 0.0698. The largest absolute Gasteiger partial charge is 0.344 e. The van der Waals surface area contributed by atoms with Crippen molar-refractivity contribution in [1.29, 1.82) is 0 Å². The number of hydrogen-bond donors (Lipinski definition) is 0. The van der Waals surface area contributed by atoms with Crippen molar-refractivity contribution in [3.63, 3.8) is 0 Å². The van der Waals surface area contributed by atoms with E-state index in [0.29, 0.717) is 0 Å². The molecule has 0 bridgehead atoms. The Labute approximate surface area is 263 Å². The number of rotatable bonds is 6. The summed E-state index contributed by atoms with van der Waals surface area (Å²) < 4.78 is 4.68. The van der Waals surface area contributed by atoms with Crippen LogP contribution in [0.3, 0.4) is 0 Å². The first-order chi connectivity index (χ1) is 22.2. The van der Waals surface area contributed by atoms with Gasteiger partial charge < -0.3 is 9.13 Å². The van der Waals surface area contributed by atoms with Crippen LogP contribution in [0.25, 0.3) is 79.0 Å². The van der Waals surface area contributed by atoms with Gasteiger partial charge in [0, 0.05) is 57.2 Å². The fourth-order valence-electron chi connectivity index (χ4n) is 6.76. The summed E-state index contributed by atoms with van der Waals surface area (Å²) in [4.78, 5) is 0. The molecular formula is C43H34N2. The van der Waals surface area contributed by atoms with E-state index in [1.54, 1.807) is 0 Å². The minimum atomic E-state index is 0.956. The first-order valence-electron chi connectivity index (χ1n) is 15.7. The fourth-order valence-corrected chi connectivity index (χ4v) is 6.76. The number of fused-ring (bicyclic) bond motifs is 6. The minimum absolute atomic E-state index is 0.956. The standard InChI is InChI=1S/C43H34N2/c1-3-45-42-11-7-5-8-36(42)38-26-20-33(29-43(38)45)15-13-31-18-24-35(25-19-31)34-22-16-30(17-23-34)12-14-32-21-27-41-39(28-32)37-9-4-6-10-40(37)44(41)2/h4-29H,3H2,1-2H3/b14-12+,15-13+. The van der Waals surface area contributed by atoms with E-state index in [1.807, 2.05) is 0 Å². The Morgan fingerprint density at radius 1 is 0.422 bits per heavy atom. The van der Waals surface area contributed by atoms with E-state index >= 15 is 0 Å². The molecule has 0 saturated carbocycles. The van der Waals surface area contributed by atoms with Crippen LogP contribution < -0.4 is 0 Å². The molecule has 0 amide bonds. The molecule has 0 unspecified atom stereocenters. The molecule has 2 nitrogen and oxygen atoms in total. The molecule has 0 saturated heterocycles. The maximum Gasteiger partial charge on any atom is 0.0497 e. The van der Waals surface area contributed by atoms with Gasteiger partial charge in [0.05, 0.1) is 0 Å². The van der Waals surface area contributed by atoms with Crippen LogP contribution >= 0.6 is 0 Å². The zero-order valence-corrected chi connectivity index (χ0v) is 25.6. The topological polar surface area (TPSA) is 9.86 Å². The molecule has 0 fully saturated rings. The molecule has 0 aliphatic rings. The van der Waals surface area contributed by atoms with Crippen molar-refractivity contribution < 1.29 is 0 Å². The summed E-state index contributed by atoms with van der Waals surface area (Å²) in [5.41, 5.74) is 12.4. The molecule has 0 atom stereocenters. The van der Waals surface area contributed by atoms with Gasteiger partial charge in [0.25, 0.3) is 0 Å². The van der Waals surface area contributed by atoms with Crippen LogP contribution in [0.15, 0.2) is 133 Å². The van der Waals surface area contributed by atoms with Gasteiger partial charge in [0.2, 0.25) is 0 Å². The zero-order chi connectivity index (χ0) is 30.3. The Bertz CT molecular complexity index is 2390. The van der Waals surface area contributed by atoms with E-state index in [9.17, 15) is 0 Å². The third-order valence-corrected chi connectivity index (χ3v) is 9.14. The molecule has 2 heterocycles. The van der Waals surface area contributed by atoms with Crippen LogP contribution in [0.5, 0.6) is 0 Å². The van der Waals surface area contributed by atoms with E-state index in [-0.39, 0.29) is 0 Å². The average Bonchev–Trinajstić information content (AvgIpc) is 3.57. The van der Waals surface area contributed by atoms with E-state index < -0.39 is 0 Å².